The van der Waals surface area contributed by atoms with Crippen molar-refractivity contribution in [1.82, 2.24) is 20.1 Å². The summed E-state index contributed by atoms with van der Waals surface area (Å²) in [5.41, 5.74) is 2.15. The molecule has 31 heavy (non-hydrogen) atoms. The number of rotatable bonds is 6. The summed E-state index contributed by atoms with van der Waals surface area (Å²) in [7, 11) is 0. The number of carbonyl (C=O) groups is 1. The third-order valence-corrected chi connectivity index (χ3v) is 5.52. The van der Waals surface area contributed by atoms with E-state index in [-0.39, 0.29) is 11.9 Å². The highest BCUT2D eigenvalue weighted by molar-refractivity contribution is 7.13. The van der Waals surface area contributed by atoms with Crippen molar-refractivity contribution in [3.05, 3.63) is 64.8 Å². The Morgan fingerprint density at radius 1 is 1.19 bits per heavy atom. The number of pyridine rings is 1. The fraction of sp³-hybridized carbons (Fsp3) is 0.300. The summed E-state index contributed by atoms with van der Waals surface area (Å²) in [5, 5.41) is 13.8. The largest absolute Gasteiger partial charge is 0.416 e. The molecule has 2 aromatic heterocycles. The smallest absolute Gasteiger partial charge is 0.366 e. The molecule has 1 amide bonds. The van der Waals surface area contributed by atoms with Crippen molar-refractivity contribution < 1.29 is 18.0 Å². The van der Waals surface area contributed by atoms with Gasteiger partial charge >= 0.3 is 6.18 Å². The number of hydrogen-bond donors (Lipinski definition) is 2. The van der Waals surface area contributed by atoms with Crippen molar-refractivity contribution in [2.45, 2.75) is 25.2 Å². The van der Waals surface area contributed by atoms with Gasteiger partial charge in [0.1, 0.15) is 11.3 Å². The molecule has 0 spiro atoms. The summed E-state index contributed by atoms with van der Waals surface area (Å²) in [6, 6.07) is 8.88. The highest BCUT2D eigenvalue weighted by atomic mass is 32.1. The number of anilines is 2. The van der Waals surface area contributed by atoms with E-state index in [9.17, 15) is 18.0 Å². The van der Waals surface area contributed by atoms with Crippen molar-refractivity contribution in [2.75, 3.05) is 23.7 Å². The number of aromatic nitrogens is 3. The Labute approximate surface area is 180 Å². The summed E-state index contributed by atoms with van der Waals surface area (Å²) < 4.78 is 38.1. The maximum Gasteiger partial charge on any atom is 0.416 e. The molecular formula is C20H19F3N6OS. The topological polar surface area (TPSA) is 83.0 Å². The van der Waals surface area contributed by atoms with E-state index in [4.69, 9.17) is 0 Å². The predicted molar refractivity (Wildman–Crippen MR) is 111 cm³/mol. The lowest BCUT2D eigenvalue weighted by Gasteiger charge is -2.17. The van der Waals surface area contributed by atoms with Crippen LogP contribution in [0.1, 0.15) is 27.9 Å². The number of halogens is 3. The highest BCUT2D eigenvalue weighted by Gasteiger charge is 2.30. The molecule has 11 heteroatoms. The van der Waals surface area contributed by atoms with Gasteiger partial charge in [0.15, 0.2) is 0 Å². The van der Waals surface area contributed by atoms with Gasteiger partial charge in [-0.25, -0.2) is 4.98 Å². The normalized spacial score (nSPS) is 16.9. The first kappa shape index (κ1) is 21.2. The zero-order valence-electron chi connectivity index (χ0n) is 16.3. The molecule has 1 saturated heterocycles. The van der Waals surface area contributed by atoms with Gasteiger partial charge in [0, 0.05) is 31.9 Å². The molecule has 0 bridgehead atoms. The van der Waals surface area contributed by atoms with Gasteiger partial charge in [0.25, 0.3) is 5.91 Å². The molecule has 4 rings (SSSR count). The van der Waals surface area contributed by atoms with Crippen LogP contribution in [-0.2, 0) is 12.7 Å². The monoisotopic (exact) mass is 448 g/mol. The van der Waals surface area contributed by atoms with Crippen LogP contribution in [0.25, 0.3) is 0 Å². The van der Waals surface area contributed by atoms with Gasteiger partial charge in [-0.2, -0.15) is 13.2 Å². The van der Waals surface area contributed by atoms with Crippen molar-refractivity contribution in [3.63, 3.8) is 0 Å². The van der Waals surface area contributed by atoms with Crippen LogP contribution in [0.5, 0.6) is 0 Å². The number of hydrogen-bond acceptors (Lipinski definition) is 7. The summed E-state index contributed by atoms with van der Waals surface area (Å²) >= 11 is 1.23. The van der Waals surface area contributed by atoms with Crippen LogP contribution in [0.4, 0.5) is 24.1 Å². The van der Waals surface area contributed by atoms with Crippen LogP contribution in [-0.4, -0.2) is 45.1 Å². The Morgan fingerprint density at radius 2 is 2.00 bits per heavy atom. The second-order valence-electron chi connectivity index (χ2n) is 7.19. The Bertz CT molecular complexity index is 1010. The first-order valence-corrected chi connectivity index (χ1v) is 10.4. The molecule has 1 aliphatic rings. The molecule has 2 N–H and O–H groups in total. The van der Waals surface area contributed by atoms with Gasteiger partial charge in [0.05, 0.1) is 11.1 Å². The van der Waals surface area contributed by atoms with Gasteiger partial charge in [-0.05, 0) is 36.2 Å². The zero-order chi connectivity index (χ0) is 21.8. The van der Waals surface area contributed by atoms with E-state index in [0.29, 0.717) is 23.1 Å². The molecule has 0 radical (unpaired) electrons. The minimum absolute atomic E-state index is 0.169. The lowest BCUT2D eigenvalue weighted by molar-refractivity contribution is -0.137. The molecule has 1 aliphatic heterocycles. The van der Waals surface area contributed by atoms with Crippen LogP contribution < -0.4 is 10.6 Å². The quantitative estimate of drug-likeness (QED) is 0.595. The van der Waals surface area contributed by atoms with E-state index in [1.54, 1.807) is 12.1 Å². The standard InChI is InChI=1S/C20H19F3N6OS/c21-20(22,23)15-4-1-13(2-5-15)10-29-8-7-16(11-29)26-17-6-3-14(9-24-17)18(30)27-19-28-25-12-31-19/h1-6,9,12,16H,7-8,10-11H2,(H,24,26)(H,27,28,30). The van der Waals surface area contributed by atoms with E-state index in [1.165, 1.54) is 35.2 Å². The first-order valence-electron chi connectivity index (χ1n) is 9.55. The van der Waals surface area contributed by atoms with Crippen LogP contribution >= 0.6 is 11.3 Å². The van der Waals surface area contributed by atoms with Crippen molar-refractivity contribution in [1.29, 1.82) is 0 Å². The van der Waals surface area contributed by atoms with Crippen LogP contribution in [0, 0.1) is 0 Å². The van der Waals surface area contributed by atoms with Crippen LogP contribution in [0.2, 0.25) is 0 Å². The van der Waals surface area contributed by atoms with Crippen LogP contribution in [0.3, 0.4) is 0 Å². The molecule has 7 nitrogen and oxygen atoms in total. The second-order valence-corrected chi connectivity index (χ2v) is 8.02. The summed E-state index contributed by atoms with van der Waals surface area (Å²) in [6.07, 6.45) is -1.93. The second kappa shape index (κ2) is 8.98. The number of nitrogens with zero attached hydrogens (tertiary/aromatic N) is 4. The summed E-state index contributed by atoms with van der Waals surface area (Å²) in [4.78, 5) is 18.6. The number of alkyl halides is 3. The van der Waals surface area contributed by atoms with Crippen molar-refractivity contribution in [2.24, 2.45) is 0 Å². The average molecular weight is 448 g/mol. The van der Waals surface area contributed by atoms with E-state index < -0.39 is 11.7 Å². The summed E-state index contributed by atoms with van der Waals surface area (Å²) in [5.74, 6) is 0.355. The predicted octanol–water partition coefficient (Wildman–Crippen LogP) is 3.89. The number of amides is 1. The Balaban J connectivity index is 1.27. The fourth-order valence-corrected chi connectivity index (χ4v) is 3.81. The number of carbonyl (C=O) groups excluding carboxylic acids is 1. The molecule has 162 valence electrons. The minimum atomic E-state index is -4.32. The molecule has 0 saturated carbocycles. The molecule has 3 heterocycles. The van der Waals surface area contributed by atoms with E-state index in [2.05, 4.69) is 30.7 Å². The van der Waals surface area contributed by atoms with Gasteiger partial charge in [-0.1, -0.05) is 23.5 Å². The first-order chi connectivity index (χ1) is 14.9. The van der Waals surface area contributed by atoms with E-state index in [1.807, 2.05) is 0 Å². The van der Waals surface area contributed by atoms with Gasteiger partial charge < -0.3 is 5.32 Å². The van der Waals surface area contributed by atoms with E-state index in [0.717, 1.165) is 37.2 Å². The Hall–Kier alpha value is -3.05. The molecule has 1 unspecified atom stereocenters. The lowest BCUT2D eigenvalue weighted by Crippen LogP contribution is -2.26. The number of benzene rings is 1. The van der Waals surface area contributed by atoms with E-state index >= 15 is 0 Å². The SMILES string of the molecule is O=C(Nc1nncs1)c1ccc(NC2CCN(Cc3ccc(C(F)(F)F)cc3)C2)nc1. The molecule has 0 aliphatic carbocycles. The third-order valence-electron chi connectivity index (χ3n) is 4.92. The van der Waals surface area contributed by atoms with Gasteiger partial charge in [-0.3, -0.25) is 15.0 Å². The molecule has 1 atom stereocenters. The highest BCUT2D eigenvalue weighted by Crippen LogP contribution is 2.29. The summed E-state index contributed by atoms with van der Waals surface area (Å²) in [6.45, 7) is 2.18. The Morgan fingerprint density at radius 3 is 2.65 bits per heavy atom. The number of likely N-dealkylation sites (tertiary alicyclic amines) is 1. The maximum absolute atomic E-state index is 12.7. The Kier molecular flexibility index (Phi) is 6.14. The minimum Gasteiger partial charge on any atom is -0.366 e. The molecule has 1 aromatic carbocycles. The fourth-order valence-electron chi connectivity index (χ4n) is 3.37. The molecule has 1 fully saturated rings. The number of nitrogens with one attached hydrogen (secondary N) is 2. The maximum atomic E-state index is 12.7. The van der Waals surface area contributed by atoms with Crippen molar-refractivity contribution >= 4 is 28.2 Å². The van der Waals surface area contributed by atoms with Crippen molar-refractivity contribution in [3.8, 4) is 0 Å². The zero-order valence-corrected chi connectivity index (χ0v) is 17.1. The van der Waals surface area contributed by atoms with Gasteiger partial charge in [0.2, 0.25) is 5.13 Å². The molecular weight excluding hydrogens is 429 g/mol. The van der Waals surface area contributed by atoms with Gasteiger partial charge in [-0.15, -0.1) is 10.2 Å². The average Bonchev–Trinajstić information content (AvgIpc) is 3.40. The molecule has 3 aromatic rings. The third kappa shape index (κ3) is 5.56. The lowest BCUT2D eigenvalue weighted by atomic mass is 10.1. The van der Waals surface area contributed by atoms with Crippen LogP contribution in [0.15, 0.2) is 48.1 Å².